The van der Waals surface area contributed by atoms with Gasteiger partial charge in [0, 0.05) is 11.4 Å². The summed E-state index contributed by atoms with van der Waals surface area (Å²) in [7, 11) is 0. The van der Waals surface area contributed by atoms with Crippen LogP contribution in [-0.4, -0.2) is 19.2 Å². The van der Waals surface area contributed by atoms with Crippen molar-refractivity contribution in [2.24, 2.45) is 0 Å². The van der Waals surface area contributed by atoms with Gasteiger partial charge in [-0.3, -0.25) is 0 Å². The van der Waals surface area contributed by atoms with Crippen molar-refractivity contribution < 1.29 is 4.74 Å². The molecule has 0 radical (unpaired) electrons. The lowest BCUT2D eigenvalue weighted by molar-refractivity contribution is 0.0102. The molecule has 2 atom stereocenters. The molecule has 2 rings (SSSR count). The second kappa shape index (κ2) is 5.71. The minimum absolute atomic E-state index is 0. The quantitative estimate of drug-likeness (QED) is 0.867. The van der Waals surface area contributed by atoms with Gasteiger partial charge >= 0.3 is 0 Å². The molecule has 1 N–H and O–H groups in total. The third-order valence-electron chi connectivity index (χ3n) is 2.36. The number of rotatable bonds is 3. The molecule has 14 heavy (non-hydrogen) atoms. The smallest absolute Gasteiger partial charge is 0.0893 e. The van der Waals surface area contributed by atoms with E-state index in [0.29, 0.717) is 6.10 Å². The fraction of sp³-hybridized carbons (Fsp3) is 0.600. The molecule has 2 heterocycles. The lowest BCUT2D eigenvalue weighted by Crippen LogP contribution is -2.18. The molecule has 1 aromatic heterocycles. The summed E-state index contributed by atoms with van der Waals surface area (Å²) in [5.74, 6) is 0. The molecule has 2 nitrogen and oxygen atoms in total. The molecule has 1 fully saturated rings. The van der Waals surface area contributed by atoms with Crippen LogP contribution in [0.3, 0.4) is 0 Å². The first-order valence-electron chi connectivity index (χ1n) is 4.76. The second-order valence-electron chi connectivity index (χ2n) is 3.41. The zero-order chi connectivity index (χ0) is 9.10. The molecule has 0 aromatic carbocycles. The monoisotopic (exact) mass is 233 g/mol. The summed E-state index contributed by atoms with van der Waals surface area (Å²) in [5, 5.41) is 5.40. The molecule has 1 aromatic rings. The van der Waals surface area contributed by atoms with E-state index < -0.39 is 0 Å². The van der Waals surface area contributed by atoms with Gasteiger partial charge in [-0.15, -0.1) is 23.7 Å². The molecule has 1 aliphatic heterocycles. The van der Waals surface area contributed by atoms with Crippen molar-refractivity contribution in [1.82, 2.24) is 5.32 Å². The van der Waals surface area contributed by atoms with E-state index >= 15 is 0 Å². The lowest BCUT2D eigenvalue weighted by Gasteiger charge is -2.16. The van der Waals surface area contributed by atoms with Gasteiger partial charge in [0.25, 0.3) is 0 Å². The third-order valence-corrected chi connectivity index (χ3v) is 3.39. The maximum atomic E-state index is 5.90. The number of ether oxygens (including phenoxy) is 1. The van der Waals surface area contributed by atoms with E-state index in [1.807, 2.05) is 0 Å². The Morgan fingerprint density at radius 1 is 1.64 bits per heavy atom. The summed E-state index contributed by atoms with van der Waals surface area (Å²) in [6, 6.07) is 4.21. The third kappa shape index (κ3) is 2.95. The fourth-order valence-electron chi connectivity index (χ4n) is 1.62. The van der Waals surface area contributed by atoms with Crippen LogP contribution in [0.5, 0.6) is 0 Å². The molecule has 0 saturated carbocycles. The van der Waals surface area contributed by atoms with Crippen LogP contribution in [0.4, 0.5) is 0 Å². The molecule has 0 spiro atoms. The van der Waals surface area contributed by atoms with Crippen LogP contribution >= 0.6 is 23.7 Å². The predicted molar refractivity (Wildman–Crippen MR) is 62.3 cm³/mol. The van der Waals surface area contributed by atoms with Crippen LogP contribution in [0.25, 0.3) is 0 Å². The molecule has 1 unspecified atom stereocenters. The molecule has 0 aliphatic carbocycles. The largest absolute Gasteiger partial charge is 0.368 e. The van der Waals surface area contributed by atoms with Crippen LogP contribution < -0.4 is 5.32 Å². The molecule has 1 aliphatic rings. The summed E-state index contributed by atoms with van der Waals surface area (Å²) in [4.78, 5) is 1.33. The van der Waals surface area contributed by atoms with Crippen LogP contribution in [-0.2, 0) is 4.74 Å². The molecule has 0 bridgehead atoms. The zero-order valence-electron chi connectivity index (χ0n) is 8.23. The minimum Gasteiger partial charge on any atom is -0.368 e. The van der Waals surface area contributed by atoms with Gasteiger partial charge in [0.2, 0.25) is 0 Å². The van der Waals surface area contributed by atoms with Crippen molar-refractivity contribution >= 4 is 23.7 Å². The minimum atomic E-state index is 0. The van der Waals surface area contributed by atoms with E-state index in [2.05, 4.69) is 29.8 Å². The maximum Gasteiger partial charge on any atom is 0.0893 e. The SMILES string of the molecule is CC(O[C@@H]1CCNC1)c1cccs1.Cl. The van der Waals surface area contributed by atoms with Crippen LogP contribution in [0.1, 0.15) is 24.3 Å². The normalized spacial score (nSPS) is 23.1. The number of nitrogens with one attached hydrogen (secondary N) is 1. The molecule has 1 saturated heterocycles. The van der Waals surface area contributed by atoms with Crippen molar-refractivity contribution in [3.05, 3.63) is 22.4 Å². The number of hydrogen-bond acceptors (Lipinski definition) is 3. The Balaban J connectivity index is 0.000000980. The van der Waals surface area contributed by atoms with Gasteiger partial charge in [-0.25, -0.2) is 0 Å². The molecule has 4 heteroatoms. The maximum absolute atomic E-state index is 5.90. The van der Waals surface area contributed by atoms with Crippen LogP contribution in [0.2, 0.25) is 0 Å². The average molecular weight is 234 g/mol. The molecular formula is C10H16ClNOS. The highest BCUT2D eigenvalue weighted by Crippen LogP contribution is 2.24. The van der Waals surface area contributed by atoms with E-state index in [-0.39, 0.29) is 18.5 Å². The van der Waals surface area contributed by atoms with Crippen molar-refractivity contribution in [2.45, 2.75) is 25.6 Å². The van der Waals surface area contributed by atoms with E-state index in [4.69, 9.17) is 4.74 Å². The van der Waals surface area contributed by atoms with E-state index in [9.17, 15) is 0 Å². The lowest BCUT2D eigenvalue weighted by atomic mass is 10.3. The Kier molecular flexibility index (Phi) is 4.89. The Labute approximate surface area is 95.1 Å². The van der Waals surface area contributed by atoms with Gasteiger partial charge < -0.3 is 10.1 Å². The highest BCUT2D eigenvalue weighted by Gasteiger charge is 2.18. The summed E-state index contributed by atoms with van der Waals surface area (Å²) < 4.78 is 5.90. The van der Waals surface area contributed by atoms with Crippen molar-refractivity contribution in [3.8, 4) is 0 Å². The Morgan fingerprint density at radius 2 is 2.50 bits per heavy atom. The van der Waals surface area contributed by atoms with E-state index in [1.54, 1.807) is 11.3 Å². The average Bonchev–Trinajstić information content (AvgIpc) is 2.74. The summed E-state index contributed by atoms with van der Waals surface area (Å²) in [6.07, 6.45) is 1.82. The van der Waals surface area contributed by atoms with Gasteiger partial charge in [-0.05, 0) is 31.3 Å². The topological polar surface area (TPSA) is 21.3 Å². The summed E-state index contributed by atoms with van der Waals surface area (Å²) in [5.41, 5.74) is 0. The first-order valence-corrected chi connectivity index (χ1v) is 5.64. The first-order chi connectivity index (χ1) is 6.36. The van der Waals surface area contributed by atoms with Gasteiger partial charge in [0.1, 0.15) is 0 Å². The van der Waals surface area contributed by atoms with Gasteiger partial charge in [-0.1, -0.05) is 6.07 Å². The van der Waals surface area contributed by atoms with E-state index in [1.165, 1.54) is 4.88 Å². The molecule has 0 amide bonds. The standard InChI is InChI=1S/C10H15NOS.ClH/c1-8(10-3-2-6-13-10)12-9-4-5-11-7-9;/h2-3,6,8-9,11H,4-5,7H2,1H3;1H/t8?,9-;/m1./s1. The van der Waals surface area contributed by atoms with Crippen LogP contribution in [0, 0.1) is 0 Å². The Morgan fingerprint density at radius 3 is 3.07 bits per heavy atom. The number of thiophene rings is 1. The van der Waals surface area contributed by atoms with Gasteiger partial charge in [0.15, 0.2) is 0 Å². The summed E-state index contributed by atoms with van der Waals surface area (Å²) >= 11 is 1.77. The van der Waals surface area contributed by atoms with Crippen LogP contribution in [0.15, 0.2) is 17.5 Å². The van der Waals surface area contributed by atoms with Crippen molar-refractivity contribution in [1.29, 1.82) is 0 Å². The van der Waals surface area contributed by atoms with Gasteiger partial charge in [-0.2, -0.15) is 0 Å². The highest BCUT2D eigenvalue weighted by molar-refractivity contribution is 7.10. The van der Waals surface area contributed by atoms with Crippen molar-refractivity contribution in [3.63, 3.8) is 0 Å². The van der Waals surface area contributed by atoms with Gasteiger partial charge in [0.05, 0.1) is 12.2 Å². The Hall–Kier alpha value is -0.0900. The first kappa shape index (κ1) is 12.0. The second-order valence-corrected chi connectivity index (χ2v) is 4.39. The summed E-state index contributed by atoms with van der Waals surface area (Å²) in [6.45, 7) is 4.24. The predicted octanol–water partition coefficient (Wildman–Crippen LogP) is 2.61. The van der Waals surface area contributed by atoms with Crippen molar-refractivity contribution in [2.75, 3.05) is 13.1 Å². The molecule has 80 valence electrons. The zero-order valence-corrected chi connectivity index (χ0v) is 9.87. The highest BCUT2D eigenvalue weighted by atomic mass is 35.5. The fourth-order valence-corrected chi connectivity index (χ4v) is 2.34. The number of halogens is 1. The molecular weight excluding hydrogens is 218 g/mol. The Bertz CT molecular complexity index is 247. The number of hydrogen-bond donors (Lipinski definition) is 1. The van der Waals surface area contributed by atoms with E-state index in [0.717, 1.165) is 19.5 Å².